The van der Waals surface area contributed by atoms with Gasteiger partial charge in [0.1, 0.15) is 0 Å². The van der Waals surface area contributed by atoms with Crippen molar-refractivity contribution in [1.29, 1.82) is 0 Å². The van der Waals surface area contributed by atoms with Crippen molar-refractivity contribution in [3.63, 3.8) is 0 Å². The molecule has 0 bridgehead atoms. The first kappa shape index (κ1) is 12.7. The standard InChI is InChI=1S/C12H20N2O2/c1-6-8(11(15)16)9-7-14(5)13-10(9)12(2,3)4/h7-8H,6H2,1-5H3,(H,15,16). The summed E-state index contributed by atoms with van der Waals surface area (Å²) in [6, 6.07) is 0. The minimum atomic E-state index is -0.777. The van der Waals surface area contributed by atoms with Gasteiger partial charge in [-0.15, -0.1) is 0 Å². The smallest absolute Gasteiger partial charge is 0.311 e. The lowest BCUT2D eigenvalue weighted by molar-refractivity contribution is -0.138. The van der Waals surface area contributed by atoms with Crippen molar-refractivity contribution in [1.82, 2.24) is 9.78 Å². The second-order valence-corrected chi connectivity index (χ2v) is 5.16. The lowest BCUT2D eigenvalue weighted by Crippen LogP contribution is -2.19. The van der Waals surface area contributed by atoms with E-state index in [0.717, 1.165) is 11.3 Å². The zero-order chi connectivity index (χ0) is 12.5. The van der Waals surface area contributed by atoms with E-state index in [2.05, 4.69) is 5.10 Å². The second kappa shape index (κ2) is 4.28. The summed E-state index contributed by atoms with van der Waals surface area (Å²) in [7, 11) is 1.83. The van der Waals surface area contributed by atoms with Crippen molar-refractivity contribution in [2.45, 2.75) is 45.4 Å². The van der Waals surface area contributed by atoms with Gasteiger partial charge in [0.25, 0.3) is 0 Å². The molecule has 16 heavy (non-hydrogen) atoms. The number of carbonyl (C=O) groups is 1. The molecule has 0 saturated heterocycles. The quantitative estimate of drug-likeness (QED) is 0.857. The summed E-state index contributed by atoms with van der Waals surface area (Å²) in [6.45, 7) is 8.03. The van der Waals surface area contributed by atoms with Crippen LogP contribution in [-0.4, -0.2) is 20.9 Å². The van der Waals surface area contributed by atoms with Crippen LogP contribution in [0.4, 0.5) is 0 Å². The molecule has 0 saturated carbocycles. The van der Waals surface area contributed by atoms with E-state index in [0.29, 0.717) is 6.42 Å². The van der Waals surface area contributed by atoms with Gasteiger partial charge in [-0.05, 0) is 6.42 Å². The van der Waals surface area contributed by atoms with Crippen LogP contribution >= 0.6 is 0 Å². The summed E-state index contributed by atoms with van der Waals surface area (Å²) in [6.07, 6.45) is 2.41. The number of nitrogens with zero attached hydrogens (tertiary/aromatic N) is 2. The number of rotatable bonds is 3. The topological polar surface area (TPSA) is 55.1 Å². The van der Waals surface area contributed by atoms with Gasteiger partial charge in [0, 0.05) is 24.2 Å². The number of carboxylic acid groups (broad SMARTS) is 1. The van der Waals surface area contributed by atoms with Crippen molar-refractivity contribution in [2.24, 2.45) is 7.05 Å². The van der Waals surface area contributed by atoms with Gasteiger partial charge in [-0.2, -0.15) is 5.10 Å². The van der Waals surface area contributed by atoms with Crippen LogP contribution in [0.15, 0.2) is 6.20 Å². The highest BCUT2D eigenvalue weighted by Gasteiger charge is 2.29. The van der Waals surface area contributed by atoms with Crippen LogP contribution in [0.2, 0.25) is 0 Å². The summed E-state index contributed by atoms with van der Waals surface area (Å²) in [5.74, 6) is -1.23. The molecule has 0 fully saturated rings. The van der Waals surface area contributed by atoms with E-state index in [9.17, 15) is 9.90 Å². The van der Waals surface area contributed by atoms with Gasteiger partial charge in [0.15, 0.2) is 0 Å². The van der Waals surface area contributed by atoms with Crippen LogP contribution in [-0.2, 0) is 17.3 Å². The Morgan fingerprint density at radius 3 is 2.50 bits per heavy atom. The number of aryl methyl sites for hydroxylation is 1. The van der Waals surface area contributed by atoms with Crippen LogP contribution in [0.25, 0.3) is 0 Å². The molecule has 1 rings (SSSR count). The number of aliphatic carboxylic acids is 1. The van der Waals surface area contributed by atoms with Crippen molar-refractivity contribution >= 4 is 5.97 Å². The summed E-state index contributed by atoms with van der Waals surface area (Å²) >= 11 is 0. The zero-order valence-electron chi connectivity index (χ0n) is 10.6. The first-order valence-electron chi connectivity index (χ1n) is 5.54. The summed E-state index contributed by atoms with van der Waals surface area (Å²) in [5, 5.41) is 13.6. The molecule has 0 spiro atoms. The lowest BCUT2D eigenvalue weighted by Gasteiger charge is -2.19. The molecular formula is C12H20N2O2. The minimum absolute atomic E-state index is 0.126. The molecule has 4 nitrogen and oxygen atoms in total. The van der Waals surface area contributed by atoms with Crippen molar-refractivity contribution in [3.05, 3.63) is 17.5 Å². The third-order valence-corrected chi connectivity index (χ3v) is 2.65. The van der Waals surface area contributed by atoms with Gasteiger partial charge in [-0.1, -0.05) is 27.7 Å². The van der Waals surface area contributed by atoms with E-state index in [1.165, 1.54) is 0 Å². The molecule has 4 heteroatoms. The molecular weight excluding hydrogens is 204 g/mol. The lowest BCUT2D eigenvalue weighted by atomic mass is 9.85. The van der Waals surface area contributed by atoms with Crippen LogP contribution in [0.5, 0.6) is 0 Å². The SMILES string of the molecule is CCC(C(=O)O)c1cn(C)nc1C(C)(C)C. The van der Waals surface area contributed by atoms with E-state index >= 15 is 0 Å². The predicted molar refractivity (Wildman–Crippen MR) is 62.6 cm³/mol. The summed E-state index contributed by atoms with van der Waals surface area (Å²) < 4.78 is 1.70. The van der Waals surface area contributed by atoms with Crippen LogP contribution in [0, 0.1) is 0 Å². The third kappa shape index (κ3) is 2.43. The Labute approximate surface area is 96.3 Å². The van der Waals surface area contributed by atoms with E-state index in [4.69, 9.17) is 0 Å². The van der Waals surface area contributed by atoms with E-state index in [1.54, 1.807) is 4.68 Å². The third-order valence-electron chi connectivity index (χ3n) is 2.65. The predicted octanol–water partition coefficient (Wildman–Crippen LogP) is 2.30. The van der Waals surface area contributed by atoms with Crippen LogP contribution in [0.1, 0.15) is 51.3 Å². The van der Waals surface area contributed by atoms with Gasteiger partial charge in [0.2, 0.25) is 0 Å². The molecule has 0 aromatic carbocycles. The maximum atomic E-state index is 11.2. The highest BCUT2D eigenvalue weighted by atomic mass is 16.4. The molecule has 1 atom stereocenters. The van der Waals surface area contributed by atoms with Gasteiger partial charge in [-0.3, -0.25) is 9.48 Å². The Hall–Kier alpha value is -1.32. The maximum Gasteiger partial charge on any atom is 0.311 e. The number of hydrogen-bond acceptors (Lipinski definition) is 2. The normalized spacial score (nSPS) is 13.8. The molecule has 1 heterocycles. The largest absolute Gasteiger partial charge is 0.481 e. The highest BCUT2D eigenvalue weighted by Crippen LogP contribution is 2.31. The van der Waals surface area contributed by atoms with Crippen LogP contribution in [0.3, 0.4) is 0 Å². The molecule has 1 N–H and O–H groups in total. The van der Waals surface area contributed by atoms with Crippen LogP contribution < -0.4 is 0 Å². The molecule has 0 aliphatic carbocycles. The monoisotopic (exact) mass is 224 g/mol. The fourth-order valence-electron chi connectivity index (χ4n) is 1.87. The number of hydrogen-bond donors (Lipinski definition) is 1. The molecule has 1 aromatic rings. The van der Waals surface area contributed by atoms with E-state index in [1.807, 2.05) is 40.9 Å². The Bertz CT molecular complexity index is 388. The van der Waals surface area contributed by atoms with Crippen molar-refractivity contribution < 1.29 is 9.90 Å². The van der Waals surface area contributed by atoms with Gasteiger partial charge in [-0.25, -0.2) is 0 Å². The average molecular weight is 224 g/mol. The highest BCUT2D eigenvalue weighted by molar-refractivity contribution is 5.76. The fraction of sp³-hybridized carbons (Fsp3) is 0.667. The van der Waals surface area contributed by atoms with E-state index < -0.39 is 11.9 Å². The Balaban J connectivity index is 3.27. The molecule has 90 valence electrons. The Kier molecular flexibility index (Phi) is 3.41. The molecule has 0 radical (unpaired) electrons. The van der Waals surface area contributed by atoms with E-state index in [-0.39, 0.29) is 5.41 Å². The second-order valence-electron chi connectivity index (χ2n) is 5.16. The first-order chi connectivity index (χ1) is 7.27. The molecule has 1 aromatic heterocycles. The molecule has 0 aliphatic rings. The average Bonchev–Trinajstić information content (AvgIpc) is 2.47. The minimum Gasteiger partial charge on any atom is -0.481 e. The Morgan fingerprint density at radius 2 is 2.12 bits per heavy atom. The van der Waals surface area contributed by atoms with Gasteiger partial charge < -0.3 is 5.11 Å². The van der Waals surface area contributed by atoms with Crippen molar-refractivity contribution in [3.8, 4) is 0 Å². The first-order valence-corrected chi connectivity index (χ1v) is 5.54. The van der Waals surface area contributed by atoms with Crippen molar-refractivity contribution in [2.75, 3.05) is 0 Å². The van der Waals surface area contributed by atoms with Gasteiger partial charge in [0.05, 0.1) is 11.6 Å². The Morgan fingerprint density at radius 1 is 1.56 bits per heavy atom. The maximum absolute atomic E-state index is 11.2. The number of carboxylic acids is 1. The molecule has 0 amide bonds. The molecule has 0 aliphatic heterocycles. The summed E-state index contributed by atoms with van der Waals surface area (Å²) in [5.41, 5.74) is 1.59. The number of aromatic nitrogens is 2. The fourth-order valence-corrected chi connectivity index (χ4v) is 1.87. The molecule has 1 unspecified atom stereocenters. The van der Waals surface area contributed by atoms with Gasteiger partial charge >= 0.3 is 5.97 Å². The summed E-state index contributed by atoms with van der Waals surface area (Å²) in [4.78, 5) is 11.2. The zero-order valence-corrected chi connectivity index (χ0v) is 10.6.